The first-order chi connectivity index (χ1) is 22.2. The molecule has 1 unspecified atom stereocenters. The number of esters is 1. The molecule has 0 saturated heterocycles. The summed E-state index contributed by atoms with van der Waals surface area (Å²) in [5.41, 5.74) is -5.46. The van der Waals surface area contributed by atoms with Gasteiger partial charge in [-0.15, -0.1) is 5.10 Å². The average molecular weight is 649 g/mol. The Morgan fingerprint density at radius 2 is 1.77 bits per heavy atom. The van der Waals surface area contributed by atoms with Crippen LogP contribution in [0, 0.1) is 18.6 Å². The van der Waals surface area contributed by atoms with E-state index < -0.39 is 46.9 Å². The van der Waals surface area contributed by atoms with E-state index in [2.05, 4.69) is 20.5 Å². The van der Waals surface area contributed by atoms with E-state index in [0.717, 1.165) is 31.0 Å². The quantitative estimate of drug-likeness (QED) is 0.186. The van der Waals surface area contributed by atoms with Crippen molar-refractivity contribution in [3.8, 4) is 17.0 Å². The second-order valence-corrected chi connectivity index (χ2v) is 12.8. The minimum Gasteiger partial charge on any atom is -0.488 e. The van der Waals surface area contributed by atoms with Crippen LogP contribution < -0.4 is 10.1 Å². The van der Waals surface area contributed by atoms with E-state index in [9.17, 15) is 19.1 Å². The lowest BCUT2D eigenvalue weighted by Crippen LogP contribution is -2.52. The molecule has 0 bridgehead atoms. The third-order valence-corrected chi connectivity index (χ3v) is 8.49. The van der Waals surface area contributed by atoms with Gasteiger partial charge >= 0.3 is 5.97 Å². The molecule has 0 spiro atoms. The monoisotopic (exact) mass is 648 g/mol. The number of fused-ring (bicyclic) bond motifs is 1. The first-order valence-corrected chi connectivity index (χ1v) is 15.6. The van der Waals surface area contributed by atoms with Crippen LogP contribution >= 0.6 is 0 Å². The van der Waals surface area contributed by atoms with Crippen LogP contribution in [0.3, 0.4) is 0 Å². The molecule has 246 valence electrons. The zero-order chi connectivity index (χ0) is 33.7. The fourth-order valence-corrected chi connectivity index (χ4v) is 5.54. The van der Waals surface area contributed by atoms with E-state index in [4.69, 9.17) is 9.47 Å². The molecule has 2 N–H and O–H groups in total. The highest BCUT2D eigenvalue weighted by Crippen LogP contribution is 2.56. The van der Waals surface area contributed by atoms with Crippen LogP contribution in [-0.2, 0) is 20.7 Å². The lowest BCUT2D eigenvalue weighted by molar-refractivity contribution is -0.172. The van der Waals surface area contributed by atoms with Crippen LogP contribution in [0.15, 0.2) is 48.5 Å². The largest absolute Gasteiger partial charge is 0.488 e. The average Bonchev–Trinajstić information content (AvgIpc) is 3.97. The van der Waals surface area contributed by atoms with Crippen LogP contribution in [0.4, 0.5) is 13.2 Å². The molecule has 4 aromatic rings. The number of nitrogens with zero attached hydrogens (tertiary/aromatic N) is 3. The van der Waals surface area contributed by atoms with Crippen molar-refractivity contribution >= 4 is 22.8 Å². The lowest BCUT2D eigenvalue weighted by atomic mass is 9.86. The van der Waals surface area contributed by atoms with Crippen LogP contribution in [-0.4, -0.2) is 50.5 Å². The lowest BCUT2D eigenvalue weighted by Gasteiger charge is -2.37. The molecule has 1 atom stereocenters. The Labute approximate surface area is 269 Å². The van der Waals surface area contributed by atoms with Gasteiger partial charge < -0.3 is 19.9 Å². The van der Waals surface area contributed by atoms with Gasteiger partial charge in [-0.1, -0.05) is 6.92 Å². The highest BCUT2D eigenvalue weighted by Gasteiger charge is 2.65. The number of carbonyl (C=O) groups excluding carboxylic acids is 2. The summed E-state index contributed by atoms with van der Waals surface area (Å²) in [5, 5.41) is 22.7. The molecule has 2 aliphatic carbocycles. The number of benzene rings is 2. The molecule has 2 heterocycles. The van der Waals surface area contributed by atoms with Crippen molar-refractivity contribution in [2.75, 3.05) is 6.54 Å². The number of aliphatic hydroxyl groups is 1. The molecule has 1 amide bonds. The number of ether oxygens (including phenoxy) is 2. The van der Waals surface area contributed by atoms with Gasteiger partial charge in [0.2, 0.25) is 5.60 Å². The maximum atomic E-state index is 16.7. The number of aromatic nitrogens is 3. The molecule has 0 radical (unpaired) electrons. The van der Waals surface area contributed by atoms with Gasteiger partial charge in [-0.2, -0.15) is 5.10 Å². The summed E-state index contributed by atoms with van der Waals surface area (Å²) in [6, 6.07) is 10.9. The molecule has 2 fully saturated rings. The minimum atomic E-state index is -2.20. The number of pyridine rings is 1. The Bertz CT molecular complexity index is 1870. The molecule has 2 aliphatic rings. The molecular formula is C35H35F3N4O5. The fourth-order valence-electron chi connectivity index (χ4n) is 5.54. The predicted molar refractivity (Wildman–Crippen MR) is 166 cm³/mol. The summed E-state index contributed by atoms with van der Waals surface area (Å²) in [5.74, 6) is -2.48. The number of hydrogen-bond acceptors (Lipinski definition) is 8. The summed E-state index contributed by atoms with van der Waals surface area (Å²) in [4.78, 5) is 31.2. The van der Waals surface area contributed by atoms with Gasteiger partial charge in [0.05, 0.1) is 29.6 Å². The second kappa shape index (κ2) is 11.9. The zero-order valence-electron chi connectivity index (χ0n) is 26.5. The Morgan fingerprint density at radius 3 is 2.38 bits per heavy atom. The number of nitrogens with one attached hydrogen (secondary N) is 1. The summed E-state index contributed by atoms with van der Waals surface area (Å²) in [6.07, 6.45) is 1.57. The topological polar surface area (TPSA) is 124 Å². The summed E-state index contributed by atoms with van der Waals surface area (Å²) in [7, 11) is 0. The van der Waals surface area contributed by atoms with Crippen molar-refractivity contribution in [2.24, 2.45) is 0 Å². The van der Waals surface area contributed by atoms with E-state index in [0.29, 0.717) is 22.3 Å². The van der Waals surface area contributed by atoms with Crippen molar-refractivity contribution in [1.82, 2.24) is 20.5 Å². The first kappa shape index (κ1) is 32.4. The van der Waals surface area contributed by atoms with E-state index in [1.54, 1.807) is 19.1 Å². The number of amides is 1. The van der Waals surface area contributed by atoms with Gasteiger partial charge in [0.25, 0.3) is 5.91 Å². The molecule has 12 heteroatoms. The van der Waals surface area contributed by atoms with Crippen LogP contribution in [0.5, 0.6) is 5.75 Å². The van der Waals surface area contributed by atoms with Crippen LogP contribution in [0.2, 0.25) is 0 Å². The number of halogens is 3. The van der Waals surface area contributed by atoms with Crippen molar-refractivity contribution in [3.63, 3.8) is 0 Å². The van der Waals surface area contributed by atoms with E-state index in [1.807, 2.05) is 0 Å². The van der Waals surface area contributed by atoms with Gasteiger partial charge in [0.1, 0.15) is 22.8 Å². The van der Waals surface area contributed by atoms with Gasteiger partial charge in [-0.25, -0.2) is 18.2 Å². The number of rotatable bonds is 11. The second-order valence-electron chi connectivity index (χ2n) is 12.8. The predicted octanol–water partition coefficient (Wildman–Crippen LogP) is 6.13. The number of hydrogen-bond donors (Lipinski definition) is 2. The SMILES string of the molecule is CCC(=O)OC(CNC(=O)c1cc(OC2CC2)c2nnc(C)cc2c1)(c1cc(C(C)(C)O)c(F)c(-c2ccc(F)cc2)n1)C1(F)CC1. The van der Waals surface area contributed by atoms with Gasteiger partial charge in [0.15, 0.2) is 11.5 Å². The summed E-state index contributed by atoms with van der Waals surface area (Å²) < 4.78 is 58.4. The molecule has 2 aromatic carbocycles. The highest BCUT2D eigenvalue weighted by atomic mass is 19.1. The van der Waals surface area contributed by atoms with Gasteiger partial charge in [-0.3, -0.25) is 9.59 Å². The molecule has 2 aromatic heterocycles. The van der Waals surface area contributed by atoms with Crippen molar-refractivity contribution in [1.29, 1.82) is 0 Å². The number of carbonyl (C=O) groups is 2. The van der Waals surface area contributed by atoms with Crippen LogP contribution in [0.1, 0.15) is 80.2 Å². The number of aryl methyl sites for hydroxylation is 1. The van der Waals surface area contributed by atoms with E-state index in [1.165, 1.54) is 39.0 Å². The van der Waals surface area contributed by atoms with Crippen molar-refractivity contribution in [2.45, 2.75) is 82.8 Å². The molecule has 47 heavy (non-hydrogen) atoms. The molecule has 6 rings (SSSR count). The third-order valence-electron chi connectivity index (χ3n) is 8.49. The standard InChI is InChI=1S/C35H35F3N4O5/c1-5-28(43)47-35(34(38)12-13-34,27-17-25(33(3,4)45)29(37)31(40-27)20-6-8-23(36)9-7-20)18-39-32(44)22-15-21-14-19(2)41-42-30(21)26(16-22)46-24-10-11-24/h6-9,14-17,24,45H,5,10-13,18H2,1-4H3,(H,39,44). The first-order valence-electron chi connectivity index (χ1n) is 15.6. The van der Waals surface area contributed by atoms with Crippen molar-refractivity contribution < 1.29 is 37.3 Å². The smallest absolute Gasteiger partial charge is 0.306 e. The van der Waals surface area contributed by atoms with E-state index >= 15 is 8.78 Å². The van der Waals surface area contributed by atoms with Gasteiger partial charge in [0, 0.05) is 28.5 Å². The molecule has 2 saturated carbocycles. The Morgan fingerprint density at radius 1 is 1.06 bits per heavy atom. The molecule has 0 aliphatic heterocycles. The van der Waals surface area contributed by atoms with Gasteiger partial charge in [-0.05, 0) is 95.0 Å². The Kier molecular flexibility index (Phi) is 8.19. The highest BCUT2D eigenvalue weighted by molar-refractivity contribution is 6.00. The van der Waals surface area contributed by atoms with E-state index in [-0.39, 0.29) is 53.4 Å². The van der Waals surface area contributed by atoms with Crippen LogP contribution in [0.25, 0.3) is 22.2 Å². The number of alkyl halides is 1. The third kappa shape index (κ3) is 6.38. The molecule has 9 nitrogen and oxygen atoms in total. The maximum Gasteiger partial charge on any atom is 0.306 e. The Hall–Kier alpha value is -4.58. The summed E-state index contributed by atoms with van der Waals surface area (Å²) in [6.45, 7) is 5.44. The zero-order valence-corrected chi connectivity index (χ0v) is 26.5. The minimum absolute atomic E-state index is 0.00630. The Balaban J connectivity index is 1.46. The molecular weight excluding hydrogens is 613 g/mol. The fraction of sp³-hybridized carbons (Fsp3) is 0.400. The normalized spacial score (nSPS) is 16.8. The maximum absolute atomic E-state index is 16.7. The summed E-state index contributed by atoms with van der Waals surface area (Å²) >= 11 is 0. The van der Waals surface area contributed by atoms with Crippen molar-refractivity contribution in [3.05, 3.63) is 82.7 Å².